The maximum Gasteiger partial charge on any atom is 0.308 e. The van der Waals surface area contributed by atoms with Crippen LogP contribution in [0.4, 0.5) is 0 Å². The number of carbonyl (C=O) groups is 2. The fraction of sp³-hybridized carbons (Fsp3) is 0.727. The van der Waals surface area contributed by atoms with Crippen LogP contribution in [-0.2, 0) is 33.3 Å². The number of hydrogen-bond donors (Lipinski definition) is 1. The SMILES string of the molecule is CO[C@@H]1O[C@H](OC(=O)CC(C)C)[C@H]2C(CO)=C[C@@H](OC)C2=C1COC(=O)CC(C)C. The molecule has 0 bridgehead atoms. The minimum Gasteiger partial charge on any atom is -0.461 e. The van der Waals surface area contributed by atoms with Crippen LogP contribution < -0.4 is 0 Å². The average Bonchev–Trinajstić information content (AvgIpc) is 3.04. The number of fused-ring (bicyclic) bond motifs is 1. The van der Waals surface area contributed by atoms with Gasteiger partial charge in [0.15, 0.2) is 6.29 Å². The smallest absolute Gasteiger partial charge is 0.308 e. The number of methoxy groups -OCH3 is 2. The first kappa shape index (κ1) is 24.5. The second-order valence-corrected chi connectivity index (χ2v) is 8.43. The van der Waals surface area contributed by atoms with E-state index in [1.54, 1.807) is 13.2 Å². The third kappa shape index (κ3) is 5.91. The number of aliphatic hydroxyl groups excluding tert-OH is 1. The summed E-state index contributed by atoms with van der Waals surface area (Å²) in [4.78, 5) is 24.4. The molecular formula is C22H34O8. The first-order valence-corrected chi connectivity index (χ1v) is 10.3. The maximum atomic E-state index is 12.3. The van der Waals surface area contributed by atoms with Crippen LogP contribution in [0.15, 0.2) is 22.8 Å². The van der Waals surface area contributed by atoms with Gasteiger partial charge in [0, 0.05) is 32.6 Å². The van der Waals surface area contributed by atoms with Crippen LogP contribution in [-0.4, -0.2) is 63.2 Å². The van der Waals surface area contributed by atoms with Crippen molar-refractivity contribution in [3.05, 3.63) is 22.8 Å². The third-order valence-electron chi connectivity index (χ3n) is 5.03. The van der Waals surface area contributed by atoms with Crippen LogP contribution in [0, 0.1) is 17.8 Å². The van der Waals surface area contributed by atoms with Crippen LogP contribution in [0.3, 0.4) is 0 Å². The van der Waals surface area contributed by atoms with E-state index in [0.717, 1.165) is 5.57 Å². The molecule has 1 N–H and O–H groups in total. The quantitative estimate of drug-likeness (QED) is 0.420. The molecule has 8 heteroatoms. The van der Waals surface area contributed by atoms with Gasteiger partial charge < -0.3 is 28.8 Å². The second kappa shape index (κ2) is 11.0. The number of ether oxygens (including phenoxy) is 5. The first-order chi connectivity index (χ1) is 14.2. The van der Waals surface area contributed by atoms with Gasteiger partial charge in [-0.3, -0.25) is 9.59 Å². The predicted octanol–water partition coefficient (Wildman–Crippen LogP) is 2.35. The van der Waals surface area contributed by atoms with Gasteiger partial charge in [-0.1, -0.05) is 27.7 Å². The van der Waals surface area contributed by atoms with Crippen LogP contribution in [0.2, 0.25) is 0 Å². The highest BCUT2D eigenvalue weighted by atomic mass is 16.8. The summed E-state index contributed by atoms with van der Waals surface area (Å²) in [6, 6.07) is 0. The highest BCUT2D eigenvalue weighted by Gasteiger charge is 2.47. The number of aliphatic hydroxyl groups is 1. The van der Waals surface area contributed by atoms with E-state index in [0.29, 0.717) is 17.6 Å². The zero-order valence-electron chi connectivity index (χ0n) is 18.7. The molecule has 0 radical (unpaired) electrons. The van der Waals surface area contributed by atoms with Crippen molar-refractivity contribution in [2.45, 2.75) is 59.2 Å². The molecule has 4 atom stereocenters. The largest absolute Gasteiger partial charge is 0.461 e. The fourth-order valence-corrected chi connectivity index (χ4v) is 3.74. The molecule has 1 aliphatic carbocycles. The Morgan fingerprint density at radius 1 is 1.07 bits per heavy atom. The van der Waals surface area contributed by atoms with Gasteiger partial charge in [-0.25, -0.2) is 0 Å². The number of esters is 2. The molecule has 0 aromatic heterocycles. The van der Waals surface area contributed by atoms with Crippen molar-refractivity contribution >= 4 is 11.9 Å². The zero-order valence-corrected chi connectivity index (χ0v) is 18.7. The lowest BCUT2D eigenvalue weighted by molar-refractivity contribution is -0.242. The van der Waals surface area contributed by atoms with Crippen molar-refractivity contribution in [2.75, 3.05) is 27.4 Å². The van der Waals surface area contributed by atoms with Crippen molar-refractivity contribution in [1.82, 2.24) is 0 Å². The van der Waals surface area contributed by atoms with Crippen LogP contribution in [0.25, 0.3) is 0 Å². The van der Waals surface area contributed by atoms with Crippen molar-refractivity contribution in [1.29, 1.82) is 0 Å². The number of carbonyl (C=O) groups excluding carboxylic acids is 2. The van der Waals surface area contributed by atoms with Crippen molar-refractivity contribution in [2.24, 2.45) is 17.8 Å². The van der Waals surface area contributed by atoms with Gasteiger partial charge in [0.25, 0.3) is 0 Å². The summed E-state index contributed by atoms with van der Waals surface area (Å²) in [6.07, 6.45) is 0.0150. The van der Waals surface area contributed by atoms with Crippen LogP contribution >= 0.6 is 0 Å². The molecule has 0 saturated heterocycles. The lowest BCUT2D eigenvalue weighted by Crippen LogP contribution is -2.44. The standard InChI is InChI=1S/C22H34O8/c1-12(2)7-17(24)28-11-15-20-16(26-5)9-14(10-23)19(20)22(30-21(15)27-6)29-18(25)8-13(3)4/h9,12-13,16,19,21-23H,7-8,10-11H2,1-6H3/t16-,19+,21-,22+/m1/s1. The van der Waals surface area contributed by atoms with E-state index in [4.69, 9.17) is 23.7 Å². The molecule has 0 aromatic carbocycles. The predicted molar refractivity (Wildman–Crippen MR) is 108 cm³/mol. The van der Waals surface area contributed by atoms with Gasteiger partial charge in [-0.05, 0) is 29.1 Å². The molecule has 170 valence electrons. The lowest BCUT2D eigenvalue weighted by atomic mass is 9.88. The second-order valence-electron chi connectivity index (χ2n) is 8.43. The monoisotopic (exact) mass is 426 g/mol. The molecule has 0 amide bonds. The molecule has 0 saturated carbocycles. The Balaban J connectivity index is 2.34. The van der Waals surface area contributed by atoms with Gasteiger partial charge in [-0.2, -0.15) is 0 Å². The molecule has 0 fully saturated rings. The molecule has 30 heavy (non-hydrogen) atoms. The fourth-order valence-electron chi connectivity index (χ4n) is 3.74. The van der Waals surface area contributed by atoms with Gasteiger partial charge in [0.05, 0.1) is 18.6 Å². The molecule has 0 unspecified atom stereocenters. The van der Waals surface area contributed by atoms with Crippen molar-refractivity contribution < 1.29 is 38.4 Å². The van der Waals surface area contributed by atoms with Gasteiger partial charge in [0.2, 0.25) is 6.29 Å². The van der Waals surface area contributed by atoms with E-state index in [-0.39, 0.29) is 37.4 Å². The van der Waals surface area contributed by atoms with Crippen LogP contribution in [0.1, 0.15) is 40.5 Å². The summed E-state index contributed by atoms with van der Waals surface area (Å²) in [5.74, 6) is -0.935. The van der Waals surface area contributed by atoms with E-state index in [2.05, 4.69) is 0 Å². The highest BCUT2D eigenvalue weighted by Crippen LogP contribution is 2.44. The Bertz CT molecular complexity index is 679. The normalized spacial score (nSPS) is 26.1. The molecule has 1 heterocycles. The summed E-state index contributed by atoms with van der Waals surface area (Å²) in [6.45, 7) is 7.44. The summed E-state index contributed by atoms with van der Waals surface area (Å²) in [5.41, 5.74) is 1.96. The van der Waals surface area contributed by atoms with Crippen LogP contribution in [0.5, 0.6) is 0 Å². The molecule has 1 aliphatic heterocycles. The third-order valence-corrected chi connectivity index (χ3v) is 5.03. The maximum absolute atomic E-state index is 12.3. The minimum absolute atomic E-state index is 0.0328. The molecule has 2 rings (SSSR count). The Hall–Kier alpha value is -1.74. The van der Waals surface area contributed by atoms with Crippen molar-refractivity contribution in [3.63, 3.8) is 0 Å². The average molecular weight is 427 g/mol. The molecular weight excluding hydrogens is 392 g/mol. The lowest BCUT2D eigenvalue weighted by Gasteiger charge is -2.38. The summed E-state index contributed by atoms with van der Waals surface area (Å²) >= 11 is 0. The van der Waals surface area contributed by atoms with E-state index >= 15 is 0 Å². The van der Waals surface area contributed by atoms with Gasteiger partial charge >= 0.3 is 11.9 Å². The summed E-state index contributed by atoms with van der Waals surface area (Å²) in [7, 11) is 3.01. The Kier molecular flexibility index (Phi) is 9.03. The van der Waals surface area contributed by atoms with Gasteiger partial charge in [-0.15, -0.1) is 0 Å². The molecule has 0 spiro atoms. The summed E-state index contributed by atoms with van der Waals surface area (Å²) in [5, 5.41) is 9.88. The Morgan fingerprint density at radius 3 is 2.23 bits per heavy atom. The van der Waals surface area contributed by atoms with E-state index in [1.807, 2.05) is 27.7 Å². The Morgan fingerprint density at radius 2 is 1.70 bits per heavy atom. The number of hydrogen-bond acceptors (Lipinski definition) is 8. The van der Waals surface area contributed by atoms with E-state index < -0.39 is 30.6 Å². The number of rotatable bonds is 10. The zero-order chi connectivity index (χ0) is 22.4. The van der Waals surface area contributed by atoms with E-state index in [9.17, 15) is 14.7 Å². The molecule has 2 aliphatic rings. The van der Waals surface area contributed by atoms with Gasteiger partial charge in [0.1, 0.15) is 6.61 Å². The topological polar surface area (TPSA) is 101 Å². The van der Waals surface area contributed by atoms with Crippen molar-refractivity contribution in [3.8, 4) is 0 Å². The Labute approximate surface area is 178 Å². The van der Waals surface area contributed by atoms with E-state index in [1.165, 1.54) is 7.11 Å². The molecule has 0 aromatic rings. The minimum atomic E-state index is -0.968. The first-order valence-electron chi connectivity index (χ1n) is 10.3. The molecule has 8 nitrogen and oxygen atoms in total. The highest BCUT2D eigenvalue weighted by molar-refractivity contribution is 5.70. The summed E-state index contributed by atoms with van der Waals surface area (Å²) < 4.78 is 28.1.